The summed E-state index contributed by atoms with van der Waals surface area (Å²) in [6, 6.07) is 0. The van der Waals surface area contributed by atoms with Crippen LogP contribution in [-0.4, -0.2) is 17.7 Å². The van der Waals surface area contributed by atoms with Gasteiger partial charge in [0.05, 0.1) is 0 Å². The third-order valence-electron chi connectivity index (χ3n) is 1.17. The van der Waals surface area contributed by atoms with E-state index >= 15 is 0 Å². The van der Waals surface area contributed by atoms with E-state index in [1.807, 2.05) is 24.2 Å². The predicted octanol–water partition coefficient (Wildman–Crippen LogP) is 1.08. The fourth-order valence-corrected chi connectivity index (χ4v) is 0.632. The number of ketones is 1. The van der Waals surface area contributed by atoms with Crippen LogP contribution in [0.25, 0.3) is 0 Å². The molecule has 0 aliphatic carbocycles. The molecule has 52 valence electrons. The number of hydrogen-bond donors (Lipinski definition) is 0. The molecule has 0 aromatic carbocycles. The van der Waals surface area contributed by atoms with Crippen molar-refractivity contribution in [1.82, 2.24) is 4.90 Å². The molecule has 0 N–H and O–H groups in total. The summed E-state index contributed by atoms with van der Waals surface area (Å²) in [5.74, 6) is 0.0243. The molecule has 0 amide bonds. The fourth-order valence-electron chi connectivity index (χ4n) is 0.632. The van der Waals surface area contributed by atoms with Gasteiger partial charge in [-0.1, -0.05) is 6.08 Å². The molecular formula is C8H9NO. The van der Waals surface area contributed by atoms with Crippen LogP contribution < -0.4 is 0 Å². The van der Waals surface area contributed by atoms with Gasteiger partial charge in [-0.15, -0.1) is 0 Å². The van der Waals surface area contributed by atoms with E-state index in [2.05, 4.69) is 0 Å². The first-order valence-electron chi connectivity index (χ1n) is 3.08. The molecule has 0 atom stereocenters. The van der Waals surface area contributed by atoms with Crippen LogP contribution >= 0.6 is 0 Å². The summed E-state index contributed by atoms with van der Waals surface area (Å²) in [7, 11) is 1.87. The molecule has 0 saturated carbocycles. The van der Waals surface area contributed by atoms with E-state index in [1.165, 1.54) is 12.2 Å². The van der Waals surface area contributed by atoms with Crippen molar-refractivity contribution in [1.29, 1.82) is 0 Å². The van der Waals surface area contributed by atoms with Gasteiger partial charge in [-0.05, 0) is 12.2 Å². The Morgan fingerprint density at radius 2 is 2.00 bits per heavy atom. The van der Waals surface area contributed by atoms with Crippen molar-refractivity contribution in [3.8, 4) is 0 Å². The Kier molecular flexibility index (Phi) is 2.05. The Morgan fingerprint density at radius 3 is 2.80 bits per heavy atom. The summed E-state index contributed by atoms with van der Waals surface area (Å²) < 4.78 is 0. The van der Waals surface area contributed by atoms with Gasteiger partial charge in [0.15, 0.2) is 5.78 Å². The van der Waals surface area contributed by atoms with Gasteiger partial charge in [0.2, 0.25) is 0 Å². The molecular weight excluding hydrogens is 126 g/mol. The largest absolute Gasteiger partial charge is 0.357 e. The molecule has 0 spiro atoms. The first-order valence-corrected chi connectivity index (χ1v) is 3.08. The Balaban J connectivity index is 2.79. The zero-order chi connectivity index (χ0) is 7.40. The molecule has 0 saturated heterocycles. The van der Waals surface area contributed by atoms with Crippen LogP contribution in [0.3, 0.4) is 0 Å². The van der Waals surface area contributed by atoms with E-state index in [0.29, 0.717) is 0 Å². The number of allylic oxidation sites excluding steroid dienone is 4. The van der Waals surface area contributed by atoms with Crippen LogP contribution in [-0.2, 0) is 4.79 Å². The molecule has 0 radical (unpaired) electrons. The van der Waals surface area contributed by atoms with Crippen LogP contribution in [0.4, 0.5) is 0 Å². The Labute approximate surface area is 60.1 Å². The minimum absolute atomic E-state index is 0.0243. The molecule has 0 aromatic heterocycles. The second-order valence-electron chi connectivity index (χ2n) is 2.08. The number of nitrogens with zero attached hydrogens (tertiary/aromatic N) is 1. The summed E-state index contributed by atoms with van der Waals surface area (Å²) in [5, 5.41) is 0. The average molecular weight is 135 g/mol. The molecule has 10 heavy (non-hydrogen) atoms. The van der Waals surface area contributed by atoms with E-state index in [0.717, 1.165) is 0 Å². The van der Waals surface area contributed by atoms with Gasteiger partial charge in [0, 0.05) is 25.5 Å². The van der Waals surface area contributed by atoms with Gasteiger partial charge in [-0.25, -0.2) is 0 Å². The maximum absolute atomic E-state index is 10.7. The highest BCUT2D eigenvalue weighted by Gasteiger charge is 1.90. The first-order chi connectivity index (χ1) is 4.79. The molecule has 2 heteroatoms. The number of carbonyl (C=O) groups excluding carboxylic acids is 1. The summed E-state index contributed by atoms with van der Waals surface area (Å²) in [6.07, 6.45) is 10.2. The highest BCUT2D eigenvalue weighted by molar-refractivity contribution is 5.99. The molecule has 1 aliphatic heterocycles. The van der Waals surface area contributed by atoms with Crippen molar-refractivity contribution in [2.24, 2.45) is 0 Å². The zero-order valence-electron chi connectivity index (χ0n) is 5.82. The predicted molar refractivity (Wildman–Crippen MR) is 40.2 cm³/mol. The number of carbonyl (C=O) groups is 1. The van der Waals surface area contributed by atoms with Crippen LogP contribution in [0, 0.1) is 0 Å². The van der Waals surface area contributed by atoms with E-state index in [4.69, 9.17) is 0 Å². The van der Waals surface area contributed by atoms with E-state index in [9.17, 15) is 4.79 Å². The second kappa shape index (κ2) is 3.01. The maximum atomic E-state index is 10.7. The minimum atomic E-state index is 0.0243. The number of rotatable bonds is 0. The quantitative estimate of drug-likeness (QED) is 0.495. The summed E-state index contributed by atoms with van der Waals surface area (Å²) in [4.78, 5) is 12.6. The van der Waals surface area contributed by atoms with Crippen molar-refractivity contribution < 1.29 is 4.79 Å². The zero-order valence-corrected chi connectivity index (χ0v) is 5.82. The van der Waals surface area contributed by atoms with E-state index in [-0.39, 0.29) is 5.78 Å². The summed E-state index contributed by atoms with van der Waals surface area (Å²) in [6.45, 7) is 0. The van der Waals surface area contributed by atoms with Crippen LogP contribution in [0.5, 0.6) is 0 Å². The lowest BCUT2D eigenvalue weighted by atomic mass is 10.3. The minimum Gasteiger partial charge on any atom is -0.357 e. The first kappa shape index (κ1) is 6.81. The molecule has 2 nitrogen and oxygen atoms in total. The van der Waals surface area contributed by atoms with Crippen molar-refractivity contribution >= 4 is 5.78 Å². The van der Waals surface area contributed by atoms with Crippen LogP contribution in [0.1, 0.15) is 0 Å². The van der Waals surface area contributed by atoms with E-state index < -0.39 is 0 Å². The van der Waals surface area contributed by atoms with Gasteiger partial charge < -0.3 is 4.90 Å². The lowest BCUT2D eigenvalue weighted by Crippen LogP contribution is -2.02. The fraction of sp³-hybridized carbons (Fsp3) is 0.125. The van der Waals surface area contributed by atoms with Crippen LogP contribution in [0.2, 0.25) is 0 Å². The molecule has 1 rings (SSSR count). The normalized spacial score (nSPS) is 26.9. The molecule has 0 bridgehead atoms. The van der Waals surface area contributed by atoms with Crippen molar-refractivity contribution in [3.05, 3.63) is 36.7 Å². The highest BCUT2D eigenvalue weighted by atomic mass is 16.1. The lowest BCUT2D eigenvalue weighted by molar-refractivity contribution is -0.110. The topological polar surface area (TPSA) is 20.3 Å². The Hall–Kier alpha value is -1.31. The van der Waals surface area contributed by atoms with Gasteiger partial charge in [-0.3, -0.25) is 4.79 Å². The third-order valence-corrected chi connectivity index (χ3v) is 1.17. The second-order valence-corrected chi connectivity index (χ2v) is 2.08. The highest BCUT2D eigenvalue weighted by Crippen LogP contribution is 1.92. The molecule has 1 aliphatic rings. The monoisotopic (exact) mass is 135 g/mol. The van der Waals surface area contributed by atoms with Gasteiger partial charge in [0.25, 0.3) is 0 Å². The molecule has 1 heterocycles. The molecule has 0 aromatic rings. The summed E-state index contributed by atoms with van der Waals surface area (Å²) in [5.41, 5.74) is 0. The van der Waals surface area contributed by atoms with Gasteiger partial charge in [0.1, 0.15) is 0 Å². The number of hydrogen-bond acceptors (Lipinski definition) is 2. The Bertz CT molecular complexity index is 213. The van der Waals surface area contributed by atoms with Crippen molar-refractivity contribution in [3.63, 3.8) is 0 Å². The standard InChI is InChI=1S/C8H9NO/c1-9-6-3-2-4-8(10)5-7-9/h2-7H,1H3/b4-2-,6-3+,7-5-. The molecule has 0 fully saturated rings. The SMILES string of the molecule is CN1/C=C\C(=O)/C=C\C=C\1. The third kappa shape index (κ3) is 1.90. The smallest absolute Gasteiger partial charge is 0.180 e. The maximum Gasteiger partial charge on any atom is 0.180 e. The van der Waals surface area contributed by atoms with Crippen molar-refractivity contribution in [2.45, 2.75) is 0 Å². The molecule has 0 unspecified atom stereocenters. The van der Waals surface area contributed by atoms with Gasteiger partial charge in [-0.2, -0.15) is 0 Å². The van der Waals surface area contributed by atoms with Crippen LogP contribution in [0.15, 0.2) is 36.7 Å². The average Bonchev–Trinajstić information content (AvgIpc) is 1.90. The Morgan fingerprint density at radius 1 is 1.20 bits per heavy atom. The van der Waals surface area contributed by atoms with Crippen molar-refractivity contribution in [2.75, 3.05) is 7.05 Å². The summed E-state index contributed by atoms with van der Waals surface area (Å²) >= 11 is 0. The van der Waals surface area contributed by atoms with E-state index in [1.54, 1.807) is 12.3 Å². The van der Waals surface area contributed by atoms with Gasteiger partial charge >= 0.3 is 0 Å². The lowest BCUT2D eigenvalue weighted by Gasteiger charge is -2.05.